The number of benzene rings is 1. The van der Waals surface area contributed by atoms with Gasteiger partial charge in [-0.25, -0.2) is 4.79 Å². The van der Waals surface area contributed by atoms with E-state index in [1.54, 1.807) is 0 Å². The fraction of sp³-hybridized carbons (Fsp3) is 0.650. The number of aliphatic hydroxyl groups excluding tert-OH is 1. The van der Waals surface area contributed by atoms with E-state index in [4.69, 9.17) is 5.11 Å². The summed E-state index contributed by atoms with van der Waals surface area (Å²) in [7, 11) is 2.11. The topological polar surface area (TPSA) is 55.8 Å². The van der Waals surface area contributed by atoms with Crippen molar-refractivity contribution in [3.8, 4) is 0 Å². The van der Waals surface area contributed by atoms with Crippen molar-refractivity contribution < 1.29 is 9.90 Å². The molecule has 0 radical (unpaired) electrons. The maximum absolute atomic E-state index is 12.7. The first-order valence-electron chi connectivity index (χ1n) is 9.40. The Labute approximate surface area is 152 Å². The van der Waals surface area contributed by atoms with E-state index in [0.717, 1.165) is 50.1 Å². The van der Waals surface area contributed by atoms with E-state index in [1.165, 1.54) is 5.56 Å². The number of hydrogen-bond acceptors (Lipinski definition) is 3. The lowest BCUT2D eigenvalue weighted by molar-refractivity contribution is 0.134. The number of aliphatic hydroxyl groups is 1. The van der Waals surface area contributed by atoms with Gasteiger partial charge < -0.3 is 20.2 Å². The van der Waals surface area contributed by atoms with Gasteiger partial charge in [-0.15, -0.1) is 0 Å². The number of para-hydroxylation sites is 1. The number of rotatable bonds is 6. The molecule has 0 atom stereocenters. The van der Waals surface area contributed by atoms with Crippen LogP contribution >= 0.6 is 0 Å². The van der Waals surface area contributed by atoms with Gasteiger partial charge in [0.25, 0.3) is 0 Å². The van der Waals surface area contributed by atoms with Gasteiger partial charge in [-0.1, -0.05) is 32.0 Å². The Morgan fingerprint density at radius 1 is 1.36 bits per heavy atom. The summed E-state index contributed by atoms with van der Waals surface area (Å²) in [5, 5.41) is 12.1. The third-order valence-corrected chi connectivity index (χ3v) is 5.20. The van der Waals surface area contributed by atoms with Crippen molar-refractivity contribution in [2.24, 2.45) is 0 Å². The number of nitrogens with one attached hydrogen (secondary N) is 1. The van der Waals surface area contributed by atoms with E-state index < -0.39 is 0 Å². The number of carbonyl (C=O) groups excluding carboxylic acids is 1. The van der Waals surface area contributed by atoms with Crippen LogP contribution in [0.2, 0.25) is 0 Å². The molecule has 1 saturated heterocycles. The molecule has 140 valence electrons. The molecule has 0 unspecified atom stereocenters. The van der Waals surface area contributed by atoms with Crippen LogP contribution in [0.1, 0.15) is 50.2 Å². The van der Waals surface area contributed by atoms with E-state index in [9.17, 15) is 4.79 Å². The Kier molecular flexibility index (Phi) is 7.26. The predicted octanol–water partition coefficient (Wildman–Crippen LogP) is 3.43. The summed E-state index contributed by atoms with van der Waals surface area (Å²) in [6.45, 7) is 9.06. The molecular formula is C20H33N3O2. The number of amides is 2. The standard InChI is InChI=1S/C20H33N3O2/c1-15(2)18-8-5-7-16(3)19(18)21-20(25)23-12-9-17(10-13-23)22(4)11-6-14-24/h5,7-8,15,17,24H,6,9-14H2,1-4H3,(H,21,25). The molecule has 0 saturated carbocycles. The Hall–Kier alpha value is -1.59. The summed E-state index contributed by atoms with van der Waals surface area (Å²) in [5.41, 5.74) is 3.26. The molecule has 0 spiro atoms. The monoisotopic (exact) mass is 347 g/mol. The average Bonchev–Trinajstić information content (AvgIpc) is 2.61. The van der Waals surface area contributed by atoms with Crippen LogP contribution in [0.3, 0.4) is 0 Å². The van der Waals surface area contributed by atoms with Gasteiger partial charge in [0.2, 0.25) is 0 Å². The molecule has 1 aromatic carbocycles. The minimum Gasteiger partial charge on any atom is -0.396 e. The minimum atomic E-state index is 0.00709. The number of anilines is 1. The number of likely N-dealkylation sites (tertiary alicyclic amines) is 1. The molecule has 0 bridgehead atoms. The summed E-state index contributed by atoms with van der Waals surface area (Å²) in [6.07, 6.45) is 2.78. The number of aryl methyl sites for hydroxylation is 1. The van der Waals surface area contributed by atoms with Crippen molar-refractivity contribution >= 4 is 11.7 Å². The fourth-order valence-corrected chi connectivity index (χ4v) is 3.54. The highest BCUT2D eigenvalue weighted by Gasteiger charge is 2.25. The molecule has 2 rings (SSSR count). The SMILES string of the molecule is Cc1cccc(C(C)C)c1NC(=O)N1CCC(N(C)CCCO)CC1. The van der Waals surface area contributed by atoms with E-state index >= 15 is 0 Å². The summed E-state index contributed by atoms with van der Waals surface area (Å²) >= 11 is 0. The minimum absolute atomic E-state index is 0.00709. The maximum atomic E-state index is 12.7. The number of piperidine rings is 1. The van der Waals surface area contributed by atoms with Crippen LogP contribution < -0.4 is 5.32 Å². The molecule has 1 fully saturated rings. The molecule has 5 nitrogen and oxygen atoms in total. The zero-order valence-corrected chi connectivity index (χ0v) is 16.1. The average molecular weight is 348 g/mol. The first-order chi connectivity index (χ1) is 11.9. The first-order valence-corrected chi connectivity index (χ1v) is 9.40. The van der Waals surface area contributed by atoms with Crippen molar-refractivity contribution in [2.45, 2.75) is 52.0 Å². The molecule has 25 heavy (non-hydrogen) atoms. The Bertz CT molecular complexity index is 566. The highest BCUT2D eigenvalue weighted by molar-refractivity contribution is 5.91. The van der Waals surface area contributed by atoms with Crippen molar-refractivity contribution in [3.05, 3.63) is 29.3 Å². The van der Waals surface area contributed by atoms with Gasteiger partial charge in [0.15, 0.2) is 0 Å². The van der Waals surface area contributed by atoms with Gasteiger partial charge in [-0.2, -0.15) is 0 Å². The lowest BCUT2D eigenvalue weighted by Gasteiger charge is -2.37. The van der Waals surface area contributed by atoms with E-state index in [2.05, 4.69) is 37.2 Å². The van der Waals surface area contributed by atoms with Crippen molar-refractivity contribution in [1.29, 1.82) is 0 Å². The van der Waals surface area contributed by atoms with Crippen LogP contribution in [-0.4, -0.2) is 60.3 Å². The Morgan fingerprint density at radius 2 is 2.04 bits per heavy atom. The smallest absolute Gasteiger partial charge is 0.321 e. The van der Waals surface area contributed by atoms with Crippen molar-refractivity contribution in [2.75, 3.05) is 38.6 Å². The largest absolute Gasteiger partial charge is 0.396 e. The highest BCUT2D eigenvalue weighted by atomic mass is 16.3. The molecule has 2 N–H and O–H groups in total. The summed E-state index contributed by atoms with van der Waals surface area (Å²) in [6, 6.07) is 6.70. The second-order valence-electron chi connectivity index (χ2n) is 7.40. The van der Waals surface area contributed by atoms with Crippen molar-refractivity contribution in [1.82, 2.24) is 9.80 Å². The van der Waals surface area contributed by atoms with Gasteiger partial charge in [-0.3, -0.25) is 0 Å². The van der Waals surface area contributed by atoms with E-state index in [0.29, 0.717) is 12.0 Å². The lowest BCUT2D eigenvalue weighted by Crippen LogP contribution is -2.47. The van der Waals surface area contributed by atoms with Gasteiger partial charge >= 0.3 is 6.03 Å². The summed E-state index contributed by atoms with van der Waals surface area (Å²) in [5.74, 6) is 0.376. The van der Waals surface area contributed by atoms with Crippen LogP contribution in [0.5, 0.6) is 0 Å². The molecule has 2 amide bonds. The highest BCUT2D eigenvalue weighted by Crippen LogP contribution is 2.28. The van der Waals surface area contributed by atoms with E-state index in [1.807, 2.05) is 24.0 Å². The molecule has 0 aromatic heterocycles. The second kappa shape index (κ2) is 9.20. The normalized spacial score (nSPS) is 15.9. The zero-order valence-electron chi connectivity index (χ0n) is 16.1. The lowest BCUT2D eigenvalue weighted by atomic mass is 9.98. The summed E-state index contributed by atoms with van der Waals surface area (Å²) < 4.78 is 0. The van der Waals surface area contributed by atoms with Gasteiger partial charge in [0.05, 0.1) is 0 Å². The number of nitrogens with zero attached hydrogens (tertiary/aromatic N) is 2. The Morgan fingerprint density at radius 3 is 2.64 bits per heavy atom. The molecule has 1 aliphatic heterocycles. The van der Waals surface area contributed by atoms with Gasteiger partial charge in [0, 0.05) is 38.0 Å². The quantitative estimate of drug-likeness (QED) is 0.829. The molecule has 1 heterocycles. The molecule has 0 aliphatic carbocycles. The predicted molar refractivity (Wildman–Crippen MR) is 103 cm³/mol. The van der Waals surface area contributed by atoms with Crippen molar-refractivity contribution in [3.63, 3.8) is 0 Å². The third kappa shape index (κ3) is 5.19. The van der Waals surface area contributed by atoms with Crippen LogP contribution in [0, 0.1) is 6.92 Å². The molecule has 1 aliphatic rings. The van der Waals surface area contributed by atoms with E-state index in [-0.39, 0.29) is 12.6 Å². The van der Waals surface area contributed by atoms with Crippen LogP contribution in [0.25, 0.3) is 0 Å². The zero-order chi connectivity index (χ0) is 18.4. The first kappa shape index (κ1) is 19.7. The van der Waals surface area contributed by atoms with Crippen LogP contribution in [0.4, 0.5) is 10.5 Å². The maximum Gasteiger partial charge on any atom is 0.321 e. The second-order valence-corrected chi connectivity index (χ2v) is 7.40. The number of urea groups is 1. The van der Waals surface area contributed by atoms with Crippen LogP contribution in [-0.2, 0) is 0 Å². The molecule has 5 heteroatoms. The summed E-state index contributed by atoms with van der Waals surface area (Å²) in [4.78, 5) is 16.9. The number of hydrogen-bond donors (Lipinski definition) is 2. The number of carbonyl (C=O) groups is 1. The Balaban J connectivity index is 1.94. The molecular weight excluding hydrogens is 314 g/mol. The van der Waals surface area contributed by atoms with Gasteiger partial charge in [-0.05, 0) is 50.3 Å². The fourth-order valence-electron chi connectivity index (χ4n) is 3.54. The van der Waals surface area contributed by atoms with Crippen LogP contribution in [0.15, 0.2) is 18.2 Å². The third-order valence-electron chi connectivity index (χ3n) is 5.20. The molecule has 1 aromatic rings. The van der Waals surface area contributed by atoms with Gasteiger partial charge in [0.1, 0.15) is 0 Å².